The van der Waals surface area contributed by atoms with E-state index in [-0.39, 0.29) is 15.8 Å². The van der Waals surface area contributed by atoms with Crippen LogP contribution in [0.3, 0.4) is 0 Å². The SMILES string of the molecule is CC(C)(C)c1ccc(OCCCn2c(=O)oc(=O)c3cc(Cl)cc(Cl)c32)cc1. The molecule has 3 aromatic rings. The van der Waals surface area contributed by atoms with Crippen molar-refractivity contribution < 1.29 is 9.15 Å². The predicted molar refractivity (Wildman–Crippen MR) is 112 cm³/mol. The topological polar surface area (TPSA) is 61.4 Å². The van der Waals surface area contributed by atoms with Crippen molar-refractivity contribution in [3.05, 3.63) is 73.0 Å². The first-order valence-electron chi connectivity index (χ1n) is 8.93. The summed E-state index contributed by atoms with van der Waals surface area (Å²) >= 11 is 12.2. The molecule has 0 aliphatic heterocycles. The second-order valence-corrected chi connectivity index (χ2v) is 8.41. The highest BCUT2D eigenvalue weighted by atomic mass is 35.5. The molecule has 148 valence electrons. The summed E-state index contributed by atoms with van der Waals surface area (Å²) in [5, 5.41) is 0.707. The first kappa shape index (κ1) is 20.5. The molecule has 2 aromatic carbocycles. The van der Waals surface area contributed by atoms with Crippen LogP contribution in [-0.2, 0) is 12.0 Å². The summed E-state index contributed by atoms with van der Waals surface area (Å²) in [7, 11) is 0. The van der Waals surface area contributed by atoms with Gasteiger partial charge in [-0.15, -0.1) is 0 Å². The van der Waals surface area contributed by atoms with E-state index >= 15 is 0 Å². The Labute approximate surface area is 172 Å². The molecule has 0 aliphatic carbocycles. The maximum atomic E-state index is 12.2. The monoisotopic (exact) mass is 421 g/mol. The molecule has 3 rings (SSSR count). The molecule has 0 unspecified atom stereocenters. The van der Waals surface area contributed by atoms with Gasteiger partial charge >= 0.3 is 11.4 Å². The summed E-state index contributed by atoms with van der Waals surface area (Å²) in [5.74, 6) is 0.00543. The smallest absolute Gasteiger partial charge is 0.422 e. The molecular formula is C21H21Cl2NO4. The molecule has 0 bridgehead atoms. The Morgan fingerprint density at radius 2 is 1.75 bits per heavy atom. The van der Waals surface area contributed by atoms with Gasteiger partial charge in [0.1, 0.15) is 5.75 Å². The van der Waals surface area contributed by atoms with E-state index in [0.29, 0.717) is 30.1 Å². The largest absolute Gasteiger partial charge is 0.494 e. The van der Waals surface area contributed by atoms with E-state index in [1.165, 1.54) is 22.3 Å². The third-order valence-electron chi connectivity index (χ3n) is 4.43. The molecule has 1 heterocycles. The molecule has 7 heteroatoms. The minimum atomic E-state index is -0.754. The number of hydrogen-bond donors (Lipinski definition) is 0. The third kappa shape index (κ3) is 4.42. The first-order valence-corrected chi connectivity index (χ1v) is 9.68. The van der Waals surface area contributed by atoms with Crippen LogP contribution in [-0.4, -0.2) is 11.2 Å². The number of hydrogen-bond acceptors (Lipinski definition) is 4. The van der Waals surface area contributed by atoms with Crippen molar-refractivity contribution in [1.82, 2.24) is 4.57 Å². The van der Waals surface area contributed by atoms with Gasteiger partial charge in [0.15, 0.2) is 0 Å². The van der Waals surface area contributed by atoms with E-state index in [2.05, 4.69) is 20.8 Å². The number of ether oxygens (including phenoxy) is 1. The number of aromatic nitrogens is 1. The molecule has 5 nitrogen and oxygen atoms in total. The standard InChI is InChI=1S/C21H21Cl2NO4/c1-21(2,3)13-5-7-15(8-6-13)27-10-4-9-24-18-16(19(25)28-20(24)26)11-14(22)12-17(18)23/h5-8,11-12H,4,9-10H2,1-3H3. The minimum Gasteiger partial charge on any atom is -0.494 e. The molecule has 0 radical (unpaired) electrons. The fourth-order valence-electron chi connectivity index (χ4n) is 2.94. The van der Waals surface area contributed by atoms with Crippen LogP contribution < -0.4 is 16.1 Å². The summed E-state index contributed by atoms with van der Waals surface area (Å²) in [4.78, 5) is 24.1. The summed E-state index contributed by atoms with van der Waals surface area (Å²) in [6.07, 6.45) is 0.530. The van der Waals surface area contributed by atoms with Gasteiger partial charge in [-0.25, -0.2) is 9.59 Å². The van der Waals surface area contributed by atoms with Crippen molar-refractivity contribution in [3.63, 3.8) is 0 Å². The van der Waals surface area contributed by atoms with E-state index in [4.69, 9.17) is 32.4 Å². The first-order chi connectivity index (χ1) is 13.2. The molecule has 0 aliphatic rings. The lowest BCUT2D eigenvalue weighted by molar-refractivity contribution is 0.296. The molecule has 1 aromatic heterocycles. The van der Waals surface area contributed by atoms with Gasteiger partial charge in [-0.05, 0) is 41.7 Å². The lowest BCUT2D eigenvalue weighted by atomic mass is 9.87. The van der Waals surface area contributed by atoms with Gasteiger partial charge in [-0.2, -0.15) is 0 Å². The summed E-state index contributed by atoms with van der Waals surface area (Å²) in [6, 6.07) is 10.9. The Balaban J connectivity index is 1.73. The number of halogens is 2. The molecule has 0 saturated heterocycles. The number of rotatable bonds is 5. The Morgan fingerprint density at radius 3 is 2.39 bits per heavy atom. The Morgan fingerprint density at radius 1 is 1.07 bits per heavy atom. The van der Waals surface area contributed by atoms with Crippen LogP contribution in [0, 0.1) is 0 Å². The molecule has 0 fully saturated rings. The average molecular weight is 422 g/mol. The molecular weight excluding hydrogens is 401 g/mol. The third-order valence-corrected chi connectivity index (χ3v) is 4.94. The van der Waals surface area contributed by atoms with E-state index in [1.807, 2.05) is 24.3 Å². The fraction of sp³-hybridized carbons (Fsp3) is 0.333. The number of benzene rings is 2. The van der Waals surface area contributed by atoms with Crippen LogP contribution in [0.25, 0.3) is 10.9 Å². The number of nitrogens with zero attached hydrogens (tertiary/aromatic N) is 1. The van der Waals surface area contributed by atoms with Crippen molar-refractivity contribution >= 4 is 34.1 Å². The van der Waals surface area contributed by atoms with Crippen LogP contribution in [0.15, 0.2) is 50.4 Å². The minimum absolute atomic E-state index is 0.0835. The maximum absolute atomic E-state index is 12.2. The molecule has 0 N–H and O–H groups in total. The van der Waals surface area contributed by atoms with Crippen LogP contribution >= 0.6 is 23.2 Å². The molecule has 0 amide bonds. The number of fused-ring (bicyclic) bond motifs is 1. The van der Waals surface area contributed by atoms with Crippen molar-refractivity contribution in [2.24, 2.45) is 0 Å². The van der Waals surface area contributed by atoms with Gasteiger partial charge in [0.05, 0.1) is 22.5 Å². The van der Waals surface area contributed by atoms with E-state index in [0.717, 1.165) is 5.75 Å². The summed E-state index contributed by atoms with van der Waals surface area (Å²) < 4.78 is 11.9. The second-order valence-electron chi connectivity index (χ2n) is 7.57. The van der Waals surface area contributed by atoms with Crippen molar-refractivity contribution in [2.45, 2.75) is 39.2 Å². The average Bonchev–Trinajstić information content (AvgIpc) is 2.61. The lowest BCUT2D eigenvalue weighted by Gasteiger charge is -2.19. The lowest BCUT2D eigenvalue weighted by Crippen LogP contribution is -2.26. The Bertz CT molecular complexity index is 1110. The highest BCUT2D eigenvalue weighted by Crippen LogP contribution is 2.26. The summed E-state index contributed by atoms with van der Waals surface area (Å²) in [5.41, 5.74) is 0.878. The predicted octanol–water partition coefficient (Wildman–Crippen LogP) is 5.03. The highest BCUT2D eigenvalue weighted by molar-refractivity contribution is 6.38. The van der Waals surface area contributed by atoms with Crippen molar-refractivity contribution in [1.29, 1.82) is 0 Å². The second kappa shape index (κ2) is 8.02. The summed E-state index contributed by atoms with van der Waals surface area (Å²) in [6.45, 7) is 7.15. The van der Waals surface area contributed by atoms with Crippen LogP contribution in [0.5, 0.6) is 5.75 Å². The Hall–Kier alpha value is -2.24. The van der Waals surface area contributed by atoms with Gasteiger partial charge in [0.2, 0.25) is 0 Å². The zero-order valence-corrected chi connectivity index (χ0v) is 17.4. The van der Waals surface area contributed by atoms with Gasteiger partial charge in [0, 0.05) is 11.6 Å². The van der Waals surface area contributed by atoms with Crippen molar-refractivity contribution in [2.75, 3.05) is 6.61 Å². The zero-order valence-electron chi connectivity index (χ0n) is 15.9. The van der Waals surface area contributed by atoms with Gasteiger partial charge < -0.3 is 9.15 Å². The van der Waals surface area contributed by atoms with Crippen LogP contribution in [0.2, 0.25) is 10.0 Å². The van der Waals surface area contributed by atoms with E-state index < -0.39 is 11.4 Å². The molecule has 0 saturated carbocycles. The molecule has 0 spiro atoms. The molecule has 28 heavy (non-hydrogen) atoms. The Kier molecular flexibility index (Phi) is 5.87. The van der Waals surface area contributed by atoms with Gasteiger partial charge in [-0.1, -0.05) is 56.1 Å². The van der Waals surface area contributed by atoms with E-state index in [1.54, 1.807) is 0 Å². The van der Waals surface area contributed by atoms with E-state index in [9.17, 15) is 9.59 Å². The normalized spacial score (nSPS) is 11.8. The quantitative estimate of drug-likeness (QED) is 0.542. The highest BCUT2D eigenvalue weighted by Gasteiger charge is 2.15. The van der Waals surface area contributed by atoms with Crippen molar-refractivity contribution in [3.8, 4) is 5.75 Å². The molecule has 0 atom stereocenters. The maximum Gasteiger partial charge on any atom is 0.422 e. The van der Waals surface area contributed by atoms with Gasteiger partial charge in [-0.3, -0.25) is 4.57 Å². The van der Waals surface area contributed by atoms with Crippen LogP contribution in [0.1, 0.15) is 32.8 Å². The van der Waals surface area contributed by atoms with Crippen LogP contribution in [0.4, 0.5) is 0 Å². The fourth-order valence-corrected chi connectivity index (χ4v) is 3.54. The van der Waals surface area contributed by atoms with Gasteiger partial charge in [0.25, 0.3) is 0 Å². The number of aryl methyl sites for hydroxylation is 1. The zero-order chi connectivity index (χ0) is 20.5.